The van der Waals surface area contributed by atoms with E-state index >= 15 is 0 Å². The first-order chi connectivity index (χ1) is 11.1. The van der Waals surface area contributed by atoms with Gasteiger partial charge in [-0.05, 0) is 46.3 Å². The zero-order valence-electron chi connectivity index (χ0n) is 11.9. The standard InChI is InChI=1S/C17H12BrClN2O2/c18-15-9-13(19)6-7-16(15)23-17(22)8-12-10-20-21(11-12)14-4-2-1-3-5-14/h1-7,9-11H,8H2. The maximum absolute atomic E-state index is 12.1. The van der Waals surface area contributed by atoms with Crippen LogP contribution in [0.1, 0.15) is 5.56 Å². The summed E-state index contributed by atoms with van der Waals surface area (Å²) in [5.41, 5.74) is 1.72. The first kappa shape index (κ1) is 15.8. The lowest BCUT2D eigenvalue weighted by atomic mass is 10.2. The van der Waals surface area contributed by atoms with Crippen molar-refractivity contribution >= 4 is 33.5 Å². The fourth-order valence-electron chi connectivity index (χ4n) is 2.06. The Hall–Kier alpha value is -2.11. The third-order valence-electron chi connectivity index (χ3n) is 3.12. The van der Waals surface area contributed by atoms with Crippen LogP contribution in [0.25, 0.3) is 5.69 Å². The molecule has 1 aromatic heterocycles. The molecule has 2 aromatic carbocycles. The predicted octanol–water partition coefficient (Wildman–Crippen LogP) is 4.44. The number of hydrogen-bond acceptors (Lipinski definition) is 3. The molecule has 0 unspecified atom stereocenters. The van der Waals surface area contributed by atoms with Gasteiger partial charge in [0.15, 0.2) is 0 Å². The zero-order chi connectivity index (χ0) is 16.2. The Morgan fingerprint density at radius 2 is 2.00 bits per heavy atom. The number of esters is 1. The quantitative estimate of drug-likeness (QED) is 0.488. The number of rotatable bonds is 4. The lowest BCUT2D eigenvalue weighted by Crippen LogP contribution is -2.11. The molecule has 0 aliphatic heterocycles. The molecule has 0 aliphatic rings. The normalized spacial score (nSPS) is 10.5. The summed E-state index contributed by atoms with van der Waals surface area (Å²) in [6.45, 7) is 0. The molecule has 0 aliphatic carbocycles. The Labute approximate surface area is 146 Å². The minimum atomic E-state index is -0.361. The van der Waals surface area contributed by atoms with Crippen LogP contribution in [0.4, 0.5) is 0 Å². The van der Waals surface area contributed by atoms with Gasteiger partial charge < -0.3 is 4.74 Å². The monoisotopic (exact) mass is 390 g/mol. The van der Waals surface area contributed by atoms with E-state index in [-0.39, 0.29) is 12.4 Å². The Morgan fingerprint density at radius 3 is 2.74 bits per heavy atom. The molecule has 0 radical (unpaired) electrons. The van der Waals surface area contributed by atoms with Gasteiger partial charge in [0.1, 0.15) is 5.75 Å². The first-order valence-electron chi connectivity index (χ1n) is 6.86. The van der Waals surface area contributed by atoms with Gasteiger partial charge >= 0.3 is 5.97 Å². The smallest absolute Gasteiger partial charge is 0.315 e. The number of benzene rings is 2. The number of carbonyl (C=O) groups is 1. The Bertz CT molecular complexity index is 834. The number of nitrogens with zero attached hydrogens (tertiary/aromatic N) is 2. The van der Waals surface area contributed by atoms with Crippen LogP contribution in [0, 0.1) is 0 Å². The van der Waals surface area contributed by atoms with Crippen LogP contribution in [0.2, 0.25) is 5.02 Å². The van der Waals surface area contributed by atoms with Crippen LogP contribution in [-0.2, 0) is 11.2 Å². The number of aromatic nitrogens is 2. The van der Waals surface area contributed by atoms with Gasteiger partial charge in [0, 0.05) is 16.8 Å². The van der Waals surface area contributed by atoms with Gasteiger partial charge in [-0.25, -0.2) is 4.68 Å². The number of para-hydroxylation sites is 1. The van der Waals surface area contributed by atoms with Crippen molar-refractivity contribution in [3.05, 3.63) is 76.0 Å². The fraction of sp³-hybridized carbons (Fsp3) is 0.0588. The van der Waals surface area contributed by atoms with Gasteiger partial charge in [0.25, 0.3) is 0 Å². The van der Waals surface area contributed by atoms with Crippen molar-refractivity contribution in [3.8, 4) is 11.4 Å². The second kappa shape index (κ2) is 6.98. The highest BCUT2D eigenvalue weighted by Crippen LogP contribution is 2.28. The lowest BCUT2D eigenvalue weighted by molar-refractivity contribution is -0.133. The molecule has 116 valence electrons. The van der Waals surface area contributed by atoms with Crippen LogP contribution < -0.4 is 4.74 Å². The molecule has 0 N–H and O–H groups in total. The van der Waals surface area contributed by atoms with E-state index in [4.69, 9.17) is 16.3 Å². The highest BCUT2D eigenvalue weighted by atomic mass is 79.9. The van der Waals surface area contributed by atoms with Crippen LogP contribution in [-0.4, -0.2) is 15.7 Å². The summed E-state index contributed by atoms with van der Waals surface area (Å²) in [5.74, 6) is 0.0792. The molecular formula is C17H12BrClN2O2. The highest BCUT2D eigenvalue weighted by molar-refractivity contribution is 9.10. The maximum atomic E-state index is 12.1. The van der Waals surface area contributed by atoms with Crippen molar-refractivity contribution in [2.75, 3.05) is 0 Å². The van der Waals surface area contributed by atoms with Crippen molar-refractivity contribution < 1.29 is 9.53 Å². The van der Waals surface area contributed by atoms with Crippen molar-refractivity contribution in [1.82, 2.24) is 9.78 Å². The molecule has 3 aromatic rings. The average molecular weight is 392 g/mol. The molecule has 6 heteroatoms. The molecule has 3 rings (SSSR count). The zero-order valence-corrected chi connectivity index (χ0v) is 14.3. The predicted molar refractivity (Wildman–Crippen MR) is 92.1 cm³/mol. The third-order valence-corrected chi connectivity index (χ3v) is 3.98. The molecule has 4 nitrogen and oxygen atoms in total. The van der Waals surface area contributed by atoms with E-state index in [0.717, 1.165) is 11.3 Å². The topological polar surface area (TPSA) is 44.1 Å². The Morgan fingerprint density at radius 1 is 1.22 bits per heavy atom. The number of halogens is 2. The van der Waals surface area contributed by atoms with Gasteiger partial charge in [0.2, 0.25) is 0 Å². The molecule has 0 saturated heterocycles. The van der Waals surface area contributed by atoms with Crippen LogP contribution >= 0.6 is 27.5 Å². The summed E-state index contributed by atoms with van der Waals surface area (Å²) in [7, 11) is 0. The number of ether oxygens (including phenoxy) is 1. The summed E-state index contributed by atoms with van der Waals surface area (Å²) in [5, 5.41) is 4.83. The average Bonchev–Trinajstić information content (AvgIpc) is 2.99. The minimum Gasteiger partial charge on any atom is -0.425 e. The van der Waals surface area contributed by atoms with Gasteiger partial charge in [0.05, 0.1) is 22.8 Å². The lowest BCUT2D eigenvalue weighted by Gasteiger charge is -2.05. The van der Waals surface area contributed by atoms with E-state index < -0.39 is 0 Å². The SMILES string of the molecule is O=C(Cc1cnn(-c2ccccc2)c1)Oc1ccc(Cl)cc1Br. The molecule has 0 saturated carbocycles. The second-order valence-electron chi connectivity index (χ2n) is 4.85. The first-order valence-corrected chi connectivity index (χ1v) is 8.03. The van der Waals surface area contributed by atoms with Crippen molar-refractivity contribution in [1.29, 1.82) is 0 Å². The van der Waals surface area contributed by atoms with Gasteiger partial charge in [-0.15, -0.1) is 0 Å². The largest absolute Gasteiger partial charge is 0.425 e. The summed E-state index contributed by atoms with van der Waals surface area (Å²) in [4.78, 5) is 12.1. The summed E-state index contributed by atoms with van der Waals surface area (Å²) in [6, 6.07) is 14.7. The van der Waals surface area contributed by atoms with E-state index in [1.54, 1.807) is 29.1 Å². The van der Waals surface area contributed by atoms with E-state index in [0.29, 0.717) is 15.2 Å². The summed E-state index contributed by atoms with van der Waals surface area (Å²) in [6.07, 6.45) is 3.61. The maximum Gasteiger partial charge on any atom is 0.315 e. The third kappa shape index (κ3) is 4.00. The highest BCUT2D eigenvalue weighted by Gasteiger charge is 2.11. The van der Waals surface area contributed by atoms with E-state index in [2.05, 4.69) is 21.0 Å². The molecular weight excluding hydrogens is 380 g/mol. The van der Waals surface area contributed by atoms with Gasteiger partial charge in [-0.3, -0.25) is 4.79 Å². The van der Waals surface area contributed by atoms with Crippen LogP contribution in [0.15, 0.2) is 65.4 Å². The second-order valence-corrected chi connectivity index (χ2v) is 6.15. The summed E-state index contributed by atoms with van der Waals surface area (Å²) >= 11 is 9.18. The number of carbonyl (C=O) groups excluding carboxylic acids is 1. The van der Waals surface area contributed by atoms with Crippen molar-refractivity contribution in [2.24, 2.45) is 0 Å². The van der Waals surface area contributed by atoms with Crippen molar-refractivity contribution in [3.63, 3.8) is 0 Å². The minimum absolute atomic E-state index is 0.141. The summed E-state index contributed by atoms with van der Waals surface area (Å²) < 4.78 is 7.70. The van der Waals surface area contributed by atoms with Gasteiger partial charge in [-0.2, -0.15) is 5.10 Å². The van der Waals surface area contributed by atoms with E-state index in [1.165, 1.54) is 0 Å². The fourth-order valence-corrected chi connectivity index (χ4v) is 2.82. The Balaban J connectivity index is 1.68. The van der Waals surface area contributed by atoms with E-state index in [9.17, 15) is 4.79 Å². The number of hydrogen-bond donors (Lipinski definition) is 0. The van der Waals surface area contributed by atoms with E-state index in [1.807, 2.05) is 36.5 Å². The molecule has 0 atom stereocenters. The van der Waals surface area contributed by atoms with Crippen LogP contribution in [0.3, 0.4) is 0 Å². The molecule has 0 amide bonds. The van der Waals surface area contributed by atoms with Crippen molar-refractivity contribution in [2.45, 2.75) is 6.42 Å². The molecule has 0 bridgehead atoms. The molecule has 1 heterocycles. The van der Waals surface area contributed by atoms with Crippen LogP contribution in [0.5, 0.6) is 5.75 Å². The molecule has 0 spiro atoms. The van der Waals surface area contributed by atoms with Gasteiger partial charge in [-0.1, -0.05) is 29.8 Å². The Kier molecular flexibility index (Phi) is 4.79. The molecule has 23 heavy (non-hydrogen) atoms. The molecule has 0 fully saturated rings.